The van der Waals surface area contributed by atoms with Gasteiger partial charge in [-0.25, -0.2) is 0 Å². The molecule has 1 atom stereocenters. The van der Waals surface area contributed by atoms with Crippen LogP contribution in [0, 0.1) is 5.92 Å². The van der Waals surface area contributed by atoms with Crippen LogP contribution >= 0.6 is 0 Å². The SMILES string of the molecule is O=C1N=C2C=CC=CN2C(=O)[C@@H]1Cc1ccccc1. The zero-order valence-corrected chi connectivity index (χ0v) is 10.2. The van der Waals surface area contributed by atoms with E-state index >= 15 is 0 Å². The molecule has 1 aromatic carbocycles. The van der Waals surface area contributed by atoms with E-state index in [4.69, 9.17) is 0 Å². The van der Waals surface area contributed by atoms with Crippen molar-refractivity contribution in [1.29, 1.82) is 0 Å². The van der Waals surface area contributed by atoms with Crippen molar-refractivity contribution in [2.75, 3.05) is 0 Å². The van der Waals surface area contributed by atoms with Crippen LogP contribution in [0.25, 0.3) is 0 Å². The Balaban J connectivity index is 1.89. The van der Waals surface area contributed by atoms with Gasteiger partial charge in [0.2, 0.25) is 5.91 Å². The molecule has 0 radical (unpaired) electrons. The van der Waals surface area contributed by atoms with Crippen molar-refractivity contribution in [2.24, 2.45) is 10.9 Å². The lowest BCUT2D eigenvalue weighted by atomic mass is 9.95. The molecule has 2 aliphatic heterocycles. The molecule has 2 heterocycles. The number of allylic oxidation sites excluding steroid dienone is 2. The Hall–Kier alpha value is -2.49. The Bertz CT molecular complexity index is 614. The normalized spacial score (nSPS) is 21.4. The van der Waals surface area contributed by atoms with Gasteiger partial charge in [-0.05, 0) is 24.1 Å². The summed E-state index contributed by atoms with van der Waals surface area (Å²) in [5.41, 5.74) is 0.962. The summed E-state index contributed by atoms with van der Waals surface area (Å²) in [6, 6.07) is 9.51. The summed E-state index contributed by atoms with van der Waals surface area (Å²) in [7, 11) is 0. The van der Waals surface area contributed by atoms with Crippen molar-refractivity contribution in [1.82, 2.24) is 4.90 Å². The standard InChI is InChI=1S/C15H12N2O2/c18-14-12(10-11-6-2-1-3-7-11)15(19)17-9-5-4-8-13(17)16-14/h1-9,12H,10H2/t12-/m1/s1. The molecule has 4 heteroatoms. The van der Waals surface area contributed by atoms with Crippen LogP contribution in [0.5, 0.6) is 0 Å². The Morgan fingerprint density at radius 1 is 1.11 bits per heavy atom. The quantitative estimate of drug-likeness (QED) is 0.752. The molecule has 0 aliphatic carbocycles. The molecule has 94 valence electrons. The highest BCUT2D eigenvalue weighted by atomic mass is 16.2. The molecule has 0 saturated heterocycles. The van der Waals surface area contributed by atoms with Crippen molar-refractivity contribution in [3.05, 3.63) is 60.3 Å². The number of amidine groups is 1. The summed E-state index contributed by atoms with van der Waals surface area (Å²) in [5.74, 6) is -0.886. The number of hydrogen-bond acceptors (Lipinski definition) is 2. The van der Waals surface area contributed by atoms with Crippen molar-refractivity contribution >= 4 is 17.6 Å². The van der Waals surface area contributed by atoms with E-state index in [2.05, 4.69) is 4.99 Å². The minimum Gasteiger partial charge on any atom is -0.273 e. The Labute approximate surface area is 110 Å². The van der Waals surface area contributed by atoms with Crippen LogP contribution in [0.1, 0.15) is 5.56 Å². The lowest BCUT2D eigenvalue weighted by Crippen LogP contribution is -2.45. The second kappa shape index (κ2) is 4.65. The molecule has 1 aromatic rings. The van der Waals surface area contributed by atoms with Crippen LogP contribution in [0.3, 0.4) is 0 Å². The predicted octanol–water partition coefficient (Wildman–Crippen LogP) is 1.70. The fourth-order valence-corrected chi connectivity index (χ4v) is 2.20. The fourth-order valence-electron chi connectivity index (χ4n) is 2.20. The average Bonchev–Trinajstić information content (AvgIpc) is 2.45. The molecule has 0 N–H and O–H groups in total. The van der Waals surface area contributed by atoms with E-state index in [1.165, 1.54) is 4.90 Å². The highest BCUT2D eigenvalue weighted by Gasteiger charge is 2.36. The highest BCUT2D eigenvalue weighted by Crippen LogP contribution is 2.20. The van der Waals surface area contributed by atoms with Crippen LogP contribution in [-0.2, 0) is 16.0 Å². The topological polar surface area (TPSA) is 49.7 Å². The first-order valence-electron chi connectivity index (χ1n) is 6.10. The van der Waals surface area contributed by atoms with Crippen LogP contribution in [0.15, 0.2) is 59.8 Å². The first-order valence-corrected chi connectivity index (χ1v) is 6.10. The molecule has 0 aromatic heterocycles. The summed E-state index contributed by atoms with van der Waals surface area (Å²) in [6.07, 6.45) is 7.21. The lowest BCUT2D eigenvalue weighted by molar-refractivity contribution is -0.137. The smallest absolute Gasteiger partial charge is 0.260 e. The summed E-state index contributed by atoms with van der Waals surface area (Å²) in [5, 5.41) is 0. The number of amides is 2. The van der Waals surface area contributed by atoms with Gasteiger partial charge >= 0.3 is 0 Å². The Morgan fingerprint density at radius 3 is 2.68 bits per heavy atom. The third kappa shape index (κ3) is 2.12. The maximum Gasteiger partial charge on any atom is 0.260 e. The first-order chi connectivity index (χ1) is 9.25. The van der Waals surface area contributed by atoms with E-state index in [9.17, 15) is 9.59 Å². The van der Waals surface area contributed by atoms with E-state index in [1.807, 2.05) is 30.3 Å². The number of nitrogens with zero attached hydrogens (tertiary/aromatic N) is 2. The number of rotatable bonds is 2. The molecule has 2 aliphatic rings. The molecule has 2 amide bonds. The minimum absolute atomic E-state index is 0.209. The minimum atomic E-state index is -0.720. The number of benzene rings is 1. The fraction of sp³-hybridized carbons (Fsp3) is 0.133. The summed E-state index contributed by atoms with van der Waals surface area (Å²) < 4.78 is 0. The van der Waals surface area contributed by atoms with Gasteiger partial charge in [-0.3, -0.25) is 14.5 Å². The van der Waals surface area contributed by atoms with Crippen LogP contribution in [-0.4, -0.2) is 22.5 Å². The maximum atomic E-state index is 12.3. The molecule has 19 heavy (non-hydrogen) atoms. The van der Waals surface area contributed by atoms with Crippen molar-refractivity contribution in [2.45, 2.75) is 6.42 Å². The van der Waals surface area contributed by atoms with Crippen molar-refractivity contribution in [3.8, 4) is 0 Å². The third-order valence-corrected chi connectivity index (χ3v) is 3.18. The van der Waals surface area contributed by atoms with E-state index in [0.717, 1.165) is 5.56 Å². The summed E-state index contributed by atoms with van der Waals surface area (Å²) in [6.45, 7) is 0. The molecular weight excluding hydrogens is 240 g/mol. The van der Waals surface area contributed by atoms with E-state index in [1.54, 1.807) is 24.4 Å². The van der Waals surface area contributed by atoms with Gasteiger partial charge < -0.3 is 0 Å². The van der Waals surface area contributed by atoms with Gasteiger partial charge in [0.05, 0.1) is 0 Å². The average molecular weight is 252 g/mol. The van der Waals surface area contributed by atoms with E-state index in [0.29, 0.717) is 12.3 Å². The maximum absolute atomic E-state index is 12.3. The van der Waals surface area contributed by atoms with Gasteiger partial charge in [-0.15, -0.1) is 0 Å². The molecule has 0 unspecified atom stereocenters. The largest absolute Gasteiger partial charge is 0.273 e. The van der Waals surface area contributed by atoms with Gasteiger partial charge in [0.15, 0.2) is 0 Å². The summed E-state index contributed by atoms with van der Waals surface area (Å²) in [4.78, 5) is 29.7. The van der Waals surface area contributed by atoms with Gasteiger partial charge in [0.1, 0.15) is 11.8 Å². The van der Waals surface area contributed by atoms with Crippen LogP contribution < -0.4 is 0 Å². The van der Waals surface area contributed by atoms with Crippen LogP contribution in [0.2, 0.25) is 0 Å². The van der Waals surface area contributed by atoms with E-state index < -0.39 is 5.92 Å². The Morgan fingerprint density at radius 2 is 1.89 bits per heavy atom. The molecule has 3 rings (SSSR count). The highest BCUT2D eigenvalue weighted by molar-refractivity contribution is 6.19. The molecule has 0 bridgehead atoms. The molecular formula is C15H12N2O2. The van der Waals surface area contributed by atoms with Crippen molar-refractivity contribution in [3.63, 3.8) is 0 Å². The molecule has 0 fully saturated rings. The van der Waals surface area contributed by atoms with Gasteiger partial charge in [0, 0.05) is 6.20 Å². The molecule has 4 nitrogen and oxygen atoms in total. The van der Waals surface area contributed by atoms with E-state index in [-0.39, 0.29) is 11.8 Å². The zero-order chi connectivity index (χ0) is 13.2. The van der Waals surface area contributed by atoms with Gasteiger partial charge in [-0.2, -0.15) is 4.99 Å². The first kappa shape index (κ1) is 11.6. The Kier molecular flexibility index (Phi) is 2.83. The number of fused-ring (bicyclic) bond motifs is 1. The number of carbonyl (C=O) groups is 2. The monoisotopic (exact) mass is 252 g/mol. The molecule has 0 spiro atoms. The van der Waals surface area contributed by atoms with Crippen molar-refractivity contribution < 1.29 is 9.59 Å². The van der Waals surface area contributed by atoms with Gasteiger partial charge in [0.25, 0.3) is 5.91 Å². The predicted molar refractivity (Wildman–Crippen MR) is 71.2 cm³/mol. The second-order valence-corrected chi connectivity index (χ2v) is 4.46. The summed E-state index contributed by atoms with van der Waals surface area (Å²) >= 11 is 0. The van der Waals surface area contributed by atoms with Crippen LogP contribution in [0.4, 0.5) is 0 Å². The lowest BCUT2D eigenvalue weighted by Gasteiger charge is -2.28. The number of aliphatic imine (C=N–C) groups is 1. The second-order valence-electron chi connectivity index (χ2n) is 4.46. The van der Waals surface area contributed by atoms with Gasteiger partial charge in [-0.1, -0.05) is 36.4 Å². The third-order valence-electron chi connectivity index (χ3n) is 3.18. The number of carbonyl (C=O) groups excluding carboxylic acids is 2. The number of hydrogen-bond donors (Lipinski definition) is 0. The molecule has 0 saturated carbocycles. The zero-order valence-electron chi connectivity index (χ0n) is 10.2.